The van der Waals surface area contributed by atoms with E-state index < -0.39 is 0 Å². The van der Waals surface area contributed by atoms with Gasteiger partial charge in [-0.25, -0.2) is 15.0 Å². The van der Waals surface area contributed by atoms with Gasteiger partial charge in [-0.2, -0.15) is 0 Å². The van der Waals surface area contributed by atoms with Gasteiger partial charge in [-0.15, -0.1) is 12.4 Å². The van der Waals surface area contributed by atoms with Crippen molar-refractivity contribution in [1.29, 1.82) is 0 Å². The minimum Gasteiger partial charge on any atom is -0.334 e. The maximum Gasteiger partial charge on any atom is 0.160 e. The standard InChI is InChI=1S/C23H25N5.ClH/c1-4-21-26-22-17(2)14-18(3)25-23(22)28(21)15-20-9-7-19(8-10-20)6-5-12-27-13-11-24-16-27;/h5-11,13-14,16H,4,12,15H2,1-3H3;1H. The Kier molecular flexibility index (Phi) is 6.49. The van der Waals surface area contributed by atoms with E-state index in [9.17, 15) is 0 Å². The average Bonchev–Trinajstić information content (AvgIpc) is 3.32. The number of hydrogen-bond acceptors (Lipinski definition) is 3. The lowest BCUT2D eigenvalue weighted by atomic mass is 10.1. The van der Waals surface area contributed by atoms with Crippen molar-refractivity contribution >= 4 is 29.6 Å². The number of aryl methyl sites for hydroxylation is 3. The van der Waals surface area contributed by atoms with Crippen LogP contribution < -0.4 is 0 Å². The molecule has 1 aromatic carbocycles. The van der Waals surface area contributed by atoms with Crippen LogP contribution in [0.25, 0.3) is 17.2 Å². The molecule has 0 aliphatic heterocycles. The van der Waals surface area contributed by atoms with E-state index >= 15 is 0 Å². The van der Waals surface area contributed by atoms with Crippen molar-refractivity contribution in [2.45, 2.75) is 40.3 Å². The summed E-state index contributed by atoms with van der Waals surface area (Å²) < 4.78 is 4.29. The molecule has 4 aromatic rings. The molecule has 3 aromatic heterocycles. The largest absolute Gasteiger partial charge is 0.334 e. The van der Waals surface area contributed by atoms with Gasteiger partial charge in [-0.1, -0.05) is 43.3 Å². The van der Waals surface area contributed by atoms with Crippen LogP contribution in [0.2, 0.25) is 0 Å². The smallest absolute Gasteiger partial charge is 0.160 e. The zero-order valence-corrected chi connectivity index (χ0v) is 17.9. The fraction of sp³-hybridized carbons (Fsp3) is 0.261. The minimum atomic E-state index is 0. The van der Waals surface area contributed by atoms with Crippen LogP contribution in [0.15, 0.2) is 55.1 Å². The number of benzene rings is 1. The summed E-state index contributed by atoms with van der Waals surface area (Å²) in [6.45, 7) is 7.91. The molecule has 0 N–H and O–H groups in total. The molecule has 0 spiro atoms. The first-order chi connectivity index (χ1) is 13.6. The molecular weight excluding hydrogens is 382 g/mol. The van der Waals surface area contributed by atoms with Crippen molar-refractivity contribution in [3.8, 4) is 0 Å². The third-order valence-electron chi connectivity index (χ3n) is 4.92. The Labute approximate surface area is 177 Å². The molecular formula is C23H26ClN5. The summed E-state index contributed by atoms with van der Waals surface area (Å²) in [4.78, 5) is 13.7. The summed E-state index contributed by atoms with van der Waals surface area (Å²) in [6.07, 6.45) is 10.8. The van der Waals surface area contributed by atoms with Gasteiger partial charge < -0.3 is 9.13 Å². The molecule has 0 unspecified atom stereocenters. The highest BCUT2D eigenvalue weighted by Gasteiger charge is 2.13. The van der Waals surface area contributed by atoms with Crippen molar-refractivity contribution in [3.05, 3.63) is 83.3 Å². The van der Waals surface area contributed by atoms with Crippen LogP contribution in [0.3, 0.4) is 0 Å². The first-order valence-electron chi connectivity index (χ1n) is 9.68. The van der Waals surface area contributed by atoms with Crippen LogP contribution in [0.4, 0.5) is 0 Å². The van der Waals surface area contributed by atoms with Gasteiger partial charge in [0.1, 0.15) is 11.3 Å². The Morgan fingerprint density at radius 1 is 1.07 bits per heavy atom. The minimum absolute atomic E-state index is 0. The lowest BCUT2D eigenvalue weighted by Crippen LogP contribution is -2.05. The van der Waals surface area contributed by atoms with Crippen molar-refractivity contribution in [2.24, 2.45) is 0 Å². The maximum atomic E-state index is 4.83. The lowest BCUT2D eigenvalue weighted by molar-refractivity contribution is 0.745. The van der Waals surface area contributed by atoms with Gasteiger partial charge in [0.05, 0.1) is 12.9 Å². The van der Waals surface area contributed by atoms with Crippen LogP contribution in [-0.2, 0) is 19.5 Å². The number of rotatable bonds is 6. The fourth-order valence-corrected chi connectivity index (χ4v) is 3.51. The SMILES string of the molecule is CCc1nc2c(C)cc(C)nc2n1Cc1ccc(C=CCn2ccnc2)cc1.Cl. The zero-order chi connectivity index (χ0) is 19.5. The Morgan fingerprint density at radius 3 is 2.55 bits per heavy atom. The quantitative estimate of drug-likeness (QED) is 0.452. The van der Waals surface area contributed by atoms with E-state index in [2.05, 4.69) is 65.9 Å². The molecule has 0 saturated carbocycles. The number of fused-ring (bicyclic) bond motifs is 1. The van der Waals surface area contributed by atoms with Gasteiger partial charge in [0, 0.05) is 31.1 Å². The molecule has 29 heavy (non-hydrogen) atoms. The van der Waals surface area contributed by atoms with Gasteiger partial charge in [0.2, 0.25) is 0 Å². The van der Waals surface area contributed by atoms with E-state index in [-0.39, 0.29) is 12.4 Å². The Bertz CT molecular complexity index is 1110. The van der Waals surface area contributed by atoms with Crippen molar-refractivity contribution in [2.75, 3.05) is 0 Å². The average molecular weight is 408 g/mol. The molecule has 0 fully saturated rings. The topological polar surface area (TPSA) is 48.5 Å². The van der Waals surface area contributed by atoms with E-state index in [4.69, 9.17) is 9.97 Å². The van der Waals surface area contributed by atoms with Gasteiger partial charge in [-0.05, 0) is 36.6 Å². The number of imidazole rings is 2. The Balaban J connectivity index is 0.00000240. The number of hydrogen-bond donors (Lipinski definition) is 0. The second-order valence-corrected chi connectivity index (χ2v) is 7.12. The van der Waals surface area contributed by atoms with Gasteiger partial charge in [-0.3, -0.25) is 0 Å². The van der Waals surface area contributed by atoms with Gasteiger partial charge in [0.15, 0.2) is 5.65 Å². The summed E-state index contributed by atoms with van der Waals surface area (Å²) in [7, 11) is 0. The van der Waals surface area contributed by atoms with E-state index in [0.717, 1.165) is 42.2 Å². The molecule has 0 amide bonds. The molecule has 0 atom stereocenters. The second-order valence-electron chi connectivity index (χ2n) is 7.12. The predicted molar refractivity (Wildman–Crippen MR) is 120 cm³/mol. The van der Waals surface area contributed by atoms with Crippen LogP contribution in [0, 0.1) is 13.8 Å². The Hall–Kier alpha value is -2.92. The summed E-state index contributed by atoms with van der Waals surface area (Å²) in [5.41, 5.74) is 6.67. The second kappa shape index (κ2) is 9.05. The third-order valence-corrected chi connectivity index (χ3v) is 4.92. The molecule has 0 radical (unpaired) electrons. The summed E-state index contributed by atoms with van der Waals surface area (Å²) >= 11 is 0. The zero-order valence-electron chi connectivity index (χ0n) is 17.0. The first-order valence-corrected chi connectivity index (χ1v) is 9.68. The number of pyridine rings is 1. The molecule has 3 heterocycles. The van der Waals surface area contributed by atoms with Gasteiger partial charge >= 0.3 is 0 Å². The highest BCUT2D eigenvalue weighted by molar-refractivity contribution is 5.85. The Morgan fingerprint density at radius 2 is 1.86 bits per heavy atom. The number of halogens is 1. The molecule has 150 valence electrons. The number of aromatic nitrogens is 5. The van der Waals surface area contributed by atoms with Crippen molar-refractivity contribution < 1.29 is 0 Å². The van der Waals surface area contributed by atoms with E-state index in [0.29, 0.717) is 0 Å². The first kappa shape index (κ1) is 20.8. The molecule has 5 nitrogen and oxygen atoms in total. The van der Waals surface area contributed by atoms with Crippen molar-refractivity contribution in [3.63, 3.8) is 0 Å². The van der Waals surface area contributed by atoms with Crippen LogP contribution in [0.5, 0.6) is 0 Å². The highest BCUT2D eigenvalue weighted by Crippen LogP contribution is 2.21. The highest BCUT2D eigenvalue weighted by atomic mass is 35.5. The molecule has 0 aliphatic carbocycles. The summed E-state index contributed by atoms with van der Waals surface area (Å²) in [6, 6.07) is 10.8. The summed E-state index contributed by atoms with van der Waals surface area (Å²) in [5.74, 6) is 1.08. The van der Waals surface area contributed by atoms with Crippen molar-refractivity contribution in [1.82, 2.24) is 24.1 Å². The molecule has 0 aliphatic rings. The van der Waals surface area contributed by atoms with E-state index in [1.165, 1.54) is 16.7 Å². The molecule has 6 heteroatoms. The van der Waals surface area contributed by atoms with Crippen LogP contribution in [-0.4, -0.2) is 24.1 Å². The normalized spacial score (nSPS) is 11.3. The number of allylic oxidation sites excluding steroid dienone is 1. The fourth-order valence-electron chi connectivity index (χ4n) is 3.51. The third kappa shape index (κ3) is 4.57. The molecule has 0 bridgehead atoms. The maximum absolute atomic E-state index is 4.83. The van der Waals surface area contributed by atoms with Crippen LogP contribution in [0.1, 0.15) is 35.1 Å². The number of nitrogens with zero attached hydrogens (tertiary/aromatic N) is 5. The summed E-state index contributed by atoms with van der Waals surface area (Å²) in [5, 5.41) is 0. The van der Waals surface area contributed by atoms with Crippen LogP contribution >= 0.6 is 12.4 Å². The lowest BCUT2D eigenvalue weighted by Gasteiger charge is -2.09. The predicted octanol–water partition coefficient (Wildman–Crippen LogP) is 4.99. The van der Waals surface area contributed by atoms with E-state index in [1.807, 2.05) is 24.0 Å². The molecule has 0 saturated heterocycles. The van der Waals surface area contributed by atoms with Gasteiger partial charge in [0.25, 0.3) is 0 Å². The van der Waals surface area contributed by atoms with E-state index in [1.54, 1.807) is 6.20 Å². The molecule has 4 rings (SSSR count). The monoisotopic (exact) mass is 407 g/mol.